The summed E-state index contributed by atoms with van der Waals surface area (Å²) in [6.45, 7) is -0.622. The Morgan fingerprint density at radius 3 is 2.59 bits per heavy atom. The van der Waals surface area contributed by atoms with Crippen LogP contribution in [0.2, 0.25) is 5.02 Å². The van der Waals surface area contributed by atoms with Crippen molar-refractivity contribution in [3.8, 4) is 5.75 Å². The highest BCUT2D eigenvalue weighted by Crippen LogP contribution is 2.33. The number of carboxylic acids is 1. The standard InChI is InChI=1S/C19H13ClN2O5S2/c20-13-7-5-11(6-8-13)17(25)21-22-18(26)15(29-19(22)28)9-12-3-1-2-4-14(12)27-10-16(23)24/h1-9H,10H2,(H,21,25)(H,23,24)/p-1/b15-9-. The van der Waals surface area contributed by atoms with Gasteiger partial charge in [-0.3, -0.25) is 15.0 Å². The number of carboxylic acid groups (broad SMARTS) is 1. The van der Waals surface area contributed by atoms with Crippen LogP contribution in [0.3, 0.4) is 0 Å². The number of aliphatic carboxylic acids is 1. The van der Waals surface area contributed by atoms with Crippen molar-refractivity contribution < 1.29 is 24.2 Å². The van der Waals surface area contributed by atoms with Gasteiger partial charge in [-0.1, -0.05) is 41.6 Å². The van der Waals surface area contributed by atoms with Crippen molar-refractivity contribution in [3.63, 3.8) is 0 Å². The summed E-state index contributed by atoms with van der Waals surface area (Å²) in [5, 5.41) is 12.1. The molecule has 10 heteroatoms. The number of hydrogen-bond acceptors (Lipinski definition) is 7. The molecule has 1 aliphatic heterocycles. The maximum Gasteiger partial charge on any atom is 0.285 e. The van der Waals surface area contributed by atoms with Crippen molar-refractivity contribution in [2.24, 2.45) is 0 Å². The minimum Gasteiger partial charge on any atom is -0.546 e. The zero-order valence-corrected chi connectivity index (χ0v) is 17.0. The zero-order valence-electron chi connectivity index (χ0n) is 14.6. The Morgan fingerprint density at radius 1 is 1.21 bits per heavy atom. The number of rotatable bonds is 6. The van der Waals surface area contributed by atoms with Crippen LogP contribution in [0.15, 0.2) is 53.4 Å². The normalized spacial score (nSPS) is 14.9. The first-order valence-corrected chi connectivity index (χ1v) is 9.71. The summed E-state index contributed by atoms with van der Waals surface area (Å²) in [4.78, 5) is 35.9. The summed E-state index contributed by atoms with van der Waals surface area (Å²) >= 11 is 12.0. The van der Waals surface area contributed by atoms with Gasteiger partial charge in [-0.15, -0.1) is 0 Å². The number of nitrogens with zero attached hydrogens (tertiary/aromatic N) is 1. The van der Waals surface area contributed by atoms with E-state index in [1.807, 2.05) is 0 Å². The lowest BCUT2D eigenvalue weighted by Gasteiger charge is -2.15. The molecule has 0 radical (unpaired) electrons. The molecule has 2 aromatic rings. The number of carbonyl (C=O) groups excluding carboxylic acids is 3. The highest BCUT2D eigenvalue weighted by atomic mass is 35.5. The monoisotopic (exact) mass is 447 g/mol. The van der Waals surface area contributed by atoms with Gasteiger partial charge < -0.3 is 14.6 Å². The number of hydrazine groups is 1. The molecule has 0 spiro atoms. The third kappa shape index (κ3) is 5.14. The lowest BCUT2D eigenvalue weighted by atomic mass is 10.2. The number of thiocarbonyl (C=S) groups is 1. The molecule has 1 aliphatic rings. The first kappa shape index (κ1) is 20.8. The van der Waals surface area contributed by atoms with Gasteiger partial charge in [0.2, 0.25) is 0 Å². The molecule has 2 amide bonds. The number of amides is 2. The molecule has 3 rings (SSSR count). The maximum absolute atomic E-state index is 12.7. The molecule has 2 aromatic carbocycles. The number of thioether (sulfide) groups is 1. The highest BCUT2D eigenvalue weighted by Gasteiger charge is 2.34. The quantitative estimate of drug-likeness (QED) is 0.534. The van der Waals surface area contributed by atoms with Crippen molar-refractivity contribution in [2.45, 2.75) is 0 Å². The van der Waals surface area contributed by atoms with E-state index in [1.165, 1.54) is 18.2 Å². The van der Waals surface area contributed by atoms with Crippen molar-refractivity contribution in [3.05, 3.63) is 69.6 Å². The minimum absolute atomic E-state index is 0.150. The maximum atomic E-state index is 12.7. The lowest BCUT2D eigenvalue weighted by molar-refractivity contribution is -0.307. The molecule has 0 saturated carbocycles. The molecule has 0 bridgehead atoms. The summed E-state index contributed by atoms with van der Waals surface area (Å²) in [5.74, 6) is -2.13. The lowest BCUT2D eigenvalue weighted by Crippen LogP contribution is -2.44. The van der Waals surface area contributed by atoms with Gasteiger partial charge in [0.25, 0.3) is 11.8 Å². The number of halogens is 1. The van der Waals surface area contributed by atoms with Crippen molar-refractivity contribution in [1.82, 2.24) is 10.4 Å². The Hall–Kier alpha value is -2.88. The zero-order chi connectivity index (χ0) is 21.0. The van der Waals surface area contributed by atoms with Gasteiger partial charge in [-0.2, -0.15) is 5.01 Å². The van der Waals surface area contributed by atoms with E-state index in [2.05, 4.69) is 5.43 Å². The molecule has 29 heavy (non-hydrogen) atoms. The van der Waals surface area contributed by atoms with E-state index < -0.39 is 24.4 Å². The molecule has 1 N–H and O–H groups in total. The number of carbonyl (C=O) groups is 3. The Bertz CT molecular complexity index is 1020. The largest absolute Gasteiger partial charge is 0.546 e. The van der Waals surface area contributed by atoms with E-state index in [4.69, 9.17) is 28.6 Å². The SMILES string of the molecule is O=C([O-])COc1ccccc1/C=C1\SC(=S)N(NC(=O)c2ccc(Cl)cc2)C1=O. The van der Waals surface area contributed by atoms with Crippen molar-refractivity contribution >= 4 is 63.8 Å². The second-order valence-electron chi connectivity index (χ2n) is 5.66. The van der Waals surface area contributed by atoms with Crippen LogP contribution in [0, 0.1) is 0 Å². The second kappa shape index (κ2) is 9.08. The van der Waals surface area contributed by atoms with Gasteiger partial charge in [0.05, 0.1) is 10.9 Å². The smallest absolute Gasteiger partial charge is 0.285 e. The fourth-order valence-corrected chi connectivity index (χ4v) is 3.64. The van der Waals surface area contributed by atoms with Crippen LogP contribution in [0.4, 0.5) is 0 Å². The van der Waals surface area contributed by atoms with Crippen LogP contribution < -0.4 is 15.3 Å². The van der Waals surface area contributed by atoms with Gasteiger partial charge in [0.15, 0.2) is 4.32 Å². The van der Waals surface area contributed by atoms with Gasteiger partial charge in [0.1, 0.15) is 12.4 Å². The Balaban J connectivity index is 1.77. The van der Waals surface area contributed by atoms with Crippen LogP contribution in [0.5, 0.6) is 5.75 Å². The number of ether oxygens (including phenoxy) is 1. The summed E-state index contributed by atoms with van der Waals surface area (Å²) in [5.41, 5.74) is 3.26. The Kier molecular flexibility index (Phi) is 6.53. The summed E-state index contributed by atoms with van der Waals surface area (Å²) < 4.78 is 5.33. The van der Waals surface area contributed by atoms with Crippen LogP contribution >= 0.6 is 35.6 Å². The fourth-order valence-electron chi connectivity index (χ4n) is 2.34. The van der Waals surface area contributed by atoms with E-state index in [-0.39, 0.29) is 15.0 Å². The van der Waals surface area contributed by atoms with Crippen molar-refractivity contribution in [1.29, 1.82) is 0 Å². The van der Waals surface area contributed by atoms with E-state index in [0.717, 1.165) is 16.8 Å². The molecule has 1 fully saturated rings. The van der Waals surface area contributed by atoms with Crippen LogP contribution in [0.1, 0.15) is 15.9 Å². The van der Waals surface area contributed by atoms with Crippen LogP contribution in [0.25, 0.3) is 6.08 Å². The first-order valence-electron chi connectivity index (χ1n) is 8.11. The Labute approximate surface area is 180 Å². The average molecular weight is 448 g/mol. The molecule has 1 heterocycles. The third-order valence-corrected chi connectivity index (χ3v) is 5.22. The van der Waals surface area contributed by atoms with E-state index in [1.54, 1.807) is 36.4 Å². The van der Waals surface area contributed by atoms with Gasteiger partial charge in [0, 0.05) is 16.1 Å². The van der Waals surface area contributed by atoms with Gasteiger partial charge in [-0.05, 0) is 48.6 Å². The van der Waals surface area contributed by atoms with Crippen LogP contribution in [-0.2, 0) is 9.59 Å². The summed E-state index contributed by atoms with van der Waals surface area (Å²) in [7, 11) is 0. The van der Waals surface area contributed by atoms with E-state index in [0.29, 0.717) is 16.1 Å². The highest BCUT2D eigenvalue weighted by molar-refractivity contribution is 8.26. The molecule has 148 valence electrons. The predicted molar refractivity (Wildman–Crippen MR) is 111 cm³/mol. The van der Waals surface area contributed by atoms with Gasteiger partial charge in [-0.25, -0.2) is 0 Å². The fraction of sp³-hybridized carbons (Fsp3) is 0.0526. The molecule has 7 nitrogen and oxygen atoms in total. The van der Waals surface area contributed by atoms with Crippen LogP contribution in [-0.4, -0.2) is 33.7 Å². The average Bonchev–Trinajstić information content (AvgIpc) is 2.95. The molecule has 0 atom stereocenters. The molecule has 0 aliphatic carbocycles. The van der Waals surface area contributed by atoms with Gasteiger partial charge >= 0.3 is 0 Å². The number of benzene rings is 2. The molecule has 0 aromatic heterocycles. The third-order valence-electron chi connectivity index (χ3n) is 3.66. The predicted octanol–water partition coefficient (Wildman–Crippen LogP) is 2.01. The molecular formula is C19H12ClN2O5S2-. The summed E-state index contributed by atoms with van der Waals surface area (Å²) in [6, 6.07) is 12.8. The second-order valence-corrected chi connectivity index (χ2v) is 7.78. The topological polar surface area (TPSA) is 98.8 Å². The molecule has 1 saturated heterocycles. The number of para-hydroxylation sites is 1. The Morgan fingerprint density at radius 2 is 1.90 bits per heavy atom. The van der Waals surface area contributed by atoms with Crippen molar-refractivity contribution in [2.75, 3.05) is 6.61 Å². The molecular weight excluding hydrogens is 436 g/mol. The minimum atomic E-state index is -1.36. The number of hydrogen-bond donors (Lipinski definition) is 1. The first-order chi connectivity index (χ1) is 13.8. The van der Waals surface area contributed by atoms with E-state index in [9.17, 15) is 19.5 Å². The summed E-state index contributed by atoms with van der Waals surface area (Å²) in [6.07, 6.45) is 1.51. The van der Waals surface area contributed by atoms with E-state index >= 15 is 0 Å². The number of nitrogens with one attached hydrogen (secondary N) is 1. The molecule has 0 unspecified atom stereocenters.